The number of Topliss-reactive ketones (excluding diaryl/α,β-unsaturated/α-hetero) is 1. The van der Waals surface area contributed by atoms with Crippen LogP contribution in [0.15, 0.2) is 48.5 Å². The molecular formula is C19H19O5-. The summed E-state index contributed by atoms with van der Waals surface area (Å²) in [5.41, 5.74) is 1.26. The second-order valence-electron chi connectivity index (χ2n) is 5.33. The highest BCUT2D eigenvalue weighted by molar-refractivity contribution is 6.01. The number of hydrogen-bond donors (Lipinski definition) is 0. The Morgan fingerprint density at radius 3 is 1.88 bits per heavy atom. The zero-order chi connectivity index (χ0) is 17.5. The Balaban J connectivity index is 2.28. The van der Waals surface area contributed by atoms with Crippen molar-refractivity contribution in [2.75, 3.05) is 14.2 Å². The fraction of sp³-hybridized carbons (Fsp3) is 0.263. The molecule has 0 heterocycles. The summed E-state index contributed by atoms with van der Waals surface area (Å²) in [7, 11) is 3.11. The lowest BCUT2D eigenvalue weighted by Crippen LogP contribution is -2.24. The van der Waals surface area contributed by atoms with Gasteiger partial charge in [-0.2, -0.15) is 0 Å². The second-order valence-corrected chi connectivity index (χ2v) is 5.33. The maximum atomic E-state index is 12.8. The fourth-order valence-electron chi connectivity index (χ4n) is 2.50. The first kappa shape index (κ1) is 17.5. The predicted octanol–water partition coefficient (Wildman–Crippen LogP) is 2.20. The van der Waals surface area contributed by atoms with Gasteiger partial charge in [-0.15, -0.1) is 0 Å². The number of ketones is 1. The molecule has 0 saturated carbocycles. The summed E-state index contributed by atoms with van der Waals surface area (Å²) in [5.74, 6) is -0.529. The molecule has 0 spiro atoms. The molecule has 0 aliphatic rings. The van der Waals surface area contributed by atoms with E-state index < -0.39 is 11.9 Å². The number of carboxylic acid groups (broad SMARTS) is 1. The zero-order valence-electron chi connectivity index (χ0n) is 13.7. The van der Waals surface area contributed by atoms with Crippen molar-refractivity contribution in [2.45, 2.75) is 18.8 Å². The number of benzene rings is 2. The standard InChI is InChI=1S/C19H20O5/c1-23-15-7-3-13(4-8-15)17(11-12-18(20)21)19(22)14-5-9-16(24-2)10-6-14/h3-10,17H,11-12H2,1-2H3,(H,20,21)/p-1/t17-/m0/s1. The Hall–Kier alpha value is -2.82. The lowest BCUT2D eigenvalue weighted by atomic mass is 9.87. The highest BCUT2D eigenvalue weighted by atomic mass is 16.5. The van der Waals surface area contributed by atoms with Gasteiger partial charge in [-0.1, -0.05) is 12.1 Å². The molecule has 0 N–H and O–H groups in total. The largest absolute Gasteiger partial charge is 0.550 e. The van der Waals surface area contributed by atoms with Crippen LogP contribution >= 0.6 is 0 Å². The maximum absolute atomic E-state index is 12.8. The van der Waals surface area contributed by atoms with Crippen molar-refractivity contribution < 1.29 is 24.2 Å². The van der Waals surface area contributed by atoms with Gasteiger partial charge in [-0.3, -0.25) is 4.79 Å². The Morgan fingerprint density at radius 1 is 0.917 bits per heavy atom. The van der Waals surface area contributed by atoms with Crippen molar-refractivity contribution in [3.63, 3.8) is 0 Å². The van der Waals surface area contributed by atoms with Crippen LogP contribution in [0, 0.1) is 0 Å². The molecule has 5 heteroatoms. The number of aliphatic carboxylic acids is 1. The topological polar surface area (TPSA) is 75.7 Å². The van der Waals surface area contributed by atoms with Crippen molar-refractivity contribution >= 4 is 11.8 Å². The SMILES string of the molecule is COc1ccc(C(=O)[C@@H](CCC(=O)[O-])c2ccc(OC)cc2)cc1. The normalized spacial score (nSPS) is 11.6. The van der Waals surface area contributed by atoms with Gasteiger partial charge in [0.15, 0.2) is 5.78 Å². The van der Waals surface area contributed by atoms with E-state index >= 15 is 0 Å². The fourth-order valence-corrected chi connectivity index (χ4v) is 2.50. The average Bonchev–Trinajstić information content (AvgIpc) is 2.62. The molecule has 0 aliphatic carbocycles. The zero-order valence-corrected chi connectivity index (χ0v) is 13.7. The van der Waals surface area contributed by atoms with Crippen molar-refractivity contribution in [1.29, 1.82) is 0 Å². The number of carbonyl (C=O) groups is 2. The molecule has 2 aromatic carbocycles. The number of rotatable bonds is 8. The first-order valence-electron chi connectivity index (χ1n) is 7.57. The van der Waals surface area contributed by atoms with Gasteiger partial charge in [0.05, 0.1) is 14.2 Å². The third-order valence-corrected chi connectivity index (χ3v) is 3.85. The van der Waals surface area contributed by atoms with Crippen molar-refractivity contribution in [1.82, 2.24) is 0 Å². The Morgan fingerprint density at radius 2 is 1.42 bits per heavy atom. The first-order chi connectivity index (χ1) is 11.5. The van der Waals surface area contributed by atoms with Gasteiger partial charge in [0.2, 0.25) is 0 Å². The Kier molecular flexibility index (Phi) is 5.95. The molecule has 0 aliphatic heterocycles. The summed E-state index contributed by atoms with van der Waals surface area (Å²) in [4.78, 5) is 23.6. The summed E-state index contributed by atoms with van der Waals surface area (Å²) >= 11 is 0. The molecule has 0 amide bonds. The van der Waals surface area contributed by atoms with E-state index in [1.807, 2.05) is 0 Å². The molecule has 0 bridgehead atoms. The van der Waals surface area contributed by atoms with Crippen molar-refractivity contribution in [3.8, 4) is 11.5 Å². The molecule has 1 atom stereocenters. The summed E-state index contributed by atoms with van der Waals surface area (Å²) in [5, 5.41) is 10.8. The third kappa shape index (κ3) is 4.35. The van der Waals surface area contributed by atoms with Gasteiger partial charge < -0.3 is 19.4 Å². The quantitative estimate of drug-likeness (QED) is 0.695. The lowest BCUT2D eigenvalue weighted by Gasteiger charge is -2.17. The minimum atomic E-state index is -1.17. The van der Waals surface area contributed by atoms with Gasteiger partial charge in [0.25, 0.3) is 0 Å². The monoisotopic (exact) mass is 327 g/mol. The summed E-state index contributed by atoms with van der Waals surface area (Å²) in [6.45, 7) is 0. The summed E-state index contributed by atoms with van der Waals surface area (Å²) in [6, 6.07) is 13.8. The van der Waals surface area contributed by atoms with Crippen LogP contribution in [0.3, 0.4) is 0 Å². The molecule has 2 aromatic rings. The number of hydrogen-bond acceptors (Lipinski definition) is 5. The van der Waals surface area contributed by atoms with Crippen LogP contribution in [0.4, 0.5) is 0 Å². The Labute approximate surface area is 140 Å². The van der Waals surface area contributed by atoms with Crippen LogP contribution in [0.5, 0.6) is 11.5 Å². The van der Waals surface area contributed by atoms with E-state index in [9.17, 15) is 14.7 Å². The number of carboxylic acids is 1. The molecule has 24 heavy (non-hydrogen) atoms. The predicted molar refractivity (Wildman–Crippen MR) is 87.3 cm³/mol. The van der Waals surface area contributed by atoms with E-state index in [2.05, 4.69) is 0 Å². The van der Waals surface area contributed by atoms with Crippen LogP contribution < -0.4 is 14.6 Å². The maximum Gasteiger partial charge on any atom is 0.170 e. The first-order valence-corrected chi connectivity index (χ1v) is 7.57. The van der Waals surface area contributed by atoms with Gasteiger partial charge in [-0.05, 0) is 54.8 Å². The summed E-state index contributed by atoms with van der Waals surface area (Å²) in [6.07, 6.45) is -0.00187. The van der Waals surface area contributed by atoms with Crippen LogP contribution in [0.1, 0.15) is 34.7 Å². The molecule has 126 valence electrons. The average molecular weight is 327 g/mol. The molecule has 0 saturated heterocycles. The van der Waals surface area contributed by atoms with Crippen LogP contribution in [-0.2, 0) is 4.79 Å². The van der Waals surface area contributed by atoms with Gasteiger partial charge >= 0.3 is 0 Å². The van der Waals surface area contributed by atoms with Crippen LogP contribution in [-0.4, -0.2) is 26.0 Å². The van der Waals surface area contributed by atoms with E-state index in [1.54, 1.807) is 62.8 Å². The number of carbonyl (C=O) groups excluding carboxylic acids is 2. The van der Waals surface area contributed by atoms with Gasteiger partial charge in [-0.25, -0.2) is 0 Å². The van der Waals surface area contributed by atoms with Gasteiger partial charge in [0, 0.05) is 17.5 Å². The smallest absolute Gasteiger partial charge is 0.170 e. The van der Waals surface area contributed by atoms with Crippen LogP contribution in [0.2, 0.25) is 0 Å². The Bertz CT molecular complexity index is 689. The molecular weight excluding hydrogens is 308 g/mol. The molecule has 0 radical (unpaired) electrons. The molecule has 5 nitrogen and oxygen atoms in total. The van der Waals surface area contributed by atoms with E-state index in [0.29, 0.717) is 17.1 Å². The van der Waals surface area contributed by atoms with E-state index in [-0.39, 0.29) is 18.6 Å². The van der Waals surface area contributed by atoms with E-state index in [0.717, 1.165) is 5.56 Å². The minimum Gasteiger partial charge on any atom is -0.550 e. The highest BCUT2D eigenvalue weighted by Crippen LogP contribution is 2.28. The van der Waals surface area contributed by atoms with Crippen molar-refractivity contribution in [2.24, 2.45) is 0 Å². The highest BCUT2D eigenvalue weighted by Gasteiger charge is 2.22. The number of methoxy groups -OCH3 is 2. The van der Waals surface area contributed by atoms with Gasteiger partial charge in [0.1, 0.15) is 11.5 Å². The van der Waals surface area contributed by atoms with E-state index in [1.165, 1.54) is 0 Å². The van der Waals surface area contributed by atoms with Crippen molar-refractivity contribution in [3.05, 3.63) is 59.7 Å². The summed E-state index contributed by atoms with van der Waals surface area (Å²) < 4.78 is 10.2. The molecule has 2 rings (SSSR count). The number of ether oxygens (including phenoxy) is 2. The third-order valence-electron chi connectivity index (χ3n) is 3.85. The molecule has 0 aromatic heterocycles. The van der Waals surface area contributed by atoms with E-state index in [4.69, 9.17) is 9.47 Å². The van der Waals surface area contributed by atoms with Crippen LogP contribution in [0.25, 0.3) is 0 Å². The molecule has 0 unspecified atom stereocenters. The lowest BCUT2D eigenvalue weighted by molar-refractivity contribution is -0.305. The minimum absolute atomic E-state index is 0.135. The second kappa shape index (κ2) is 8.15. The molecule has 0 fully saturated rings.